The van der Waals surface area contributed by atoms with Crippen molar-refractivity contribution >= 4 is 20.9 Å². The Bertz CT molecular complexity index is 968. The van der Waals surface area contributed by atoms with Gasteiger partial charge in [0.1, 0.15) is 10.6 Å². The molecule has 0 N–H and O–H groups in total. The number of nitrogens with zero attached hydrogens (tertiary/aromatic N) is 2. The minimum absolute atomic E-state index is 0.164. The zero-order valence-electron chi connectivity index (χ0n) is 12.9. The van der Waals surface area contributed by atoms with E-state index in [-0.39, 0.29) is 10.6 Å². The van der Waals surface area contributed by atoms with Gasteiger partial charge >= 0.3 is 0 Å². The Morgan fingerprint density at radius 1 is 0.957 bits per heavy atom. The van der Waals surface area contributed by atoms with Crippen molar-refractivity contribution in [3.63, 3.8) is 0 Å². The number of hydrogen-bond acceptors (Lipinski definition) is 5. The Morgan fingerprint density at radius 3 is 2.26 bits per heavy atom. The molecule has 0 amide bonds. The second kappa shape index (κ2) is 5.96. The molecule has 0 unspecified atom stereocenters. The number of ether oxygens (including phenoxy) is 1. The lowest BCUT2D eigenvalue weighted by atomic mass is 10.2. The second-order valence-electron chi connectivity index (χ2n) is 5.15. The Balaban J connectivity index is 2.05. The number of sulfone groups is 1. The molecule has 1 aromatic heterocycles. The molecule has 0 aliphatic rings. The van der Waals surface area contributed by atoms with Gasteiger partial charge in [-0.3, -0.25) is 0 Å². The van der Waals surface area contributed by atoms with Crippen LogP contribution in [0.3, 0.4) is 0 Å². The number of hydrogen-bond donors (Lipinski definition) is 0. The Morgan fingerprint density at radius 2 is 1.57 bits per heavy atom. The van der Waals surface area contributed by atoms with Crippen LogP contribution in [-0.4, -0.2) is 25.5 Å². The normalized spacial score (nSPS) is 11.6. The SMILES string of the molecule is COc1ccccc1S(=O)(=O)Cc1nc2ccccc2nc1C. The van der Waals surface area contributed by atoms with Crippen molar-refractivity contribution in [1.29, 1.82) is 0 Å². The lowest BCUT2D eigenvalue weighted by Crippen LogP contribution is -2.10. The van der Waals surface area contributed by atoms with Crippen LogP contribution in [0, 0.1) is 6.92 Å². The van der Waals surface area contributed by atoms with Gasteiger partial charge in [0.2, 0.25) is 0 Å². The summed E-state index contributed by atoms with van der Waals surface area (Å²) in [5.74, 6) is 0.121. The maximum atomic E-state index is 12.7. The van der Waals surface area contributed by atoms with Crippen molar-refractivity contribution in [1.82, 2.24) is 9.97 Å². The lowest BCUT2D eigenvalue weighted by Gasteiger charge is -2.10. The Labute approximate surface area is 134 Å². The number of methoxy groups -OCH3 is 1. The smallest absolute Gasteiger partial charge is 0.187 e. The summed E-state index contributed by atoms with van der Waals surface area (Å²) in [5.41, 5.74) is 2.50. The summed E-state index contributed by atoms with van der Waals surface area (Å²) in [5, 5.41) is 0. The summed E-state index contributed by atoms with van der Waals surface area (Å²) in [4.78, 5) is 9.06. The second-order valence-corrected chi connectivity index (χ2v) is 7.11. The third-order valence-electron chi connectivity index (χ3n) is 3.57. The van der Waals surface area contributed by atoms with Gasteiger partial charge in [0, 0.05) is 0 Å². The van der Waals surface area contributed by atoms with Crippen LogP contribution in [-0.2, 0) is 15.6 Å². The molecule has 0 saturated carbocycles. The van der Waals surface area contributed by atoms with E-state index in [0.29, 0.717) is 22.7 Å². The topological polar surface area (TPSA) is 69.2 Å². The third kappa shape index (κ3) is 3.03. The number of rotatable bonds is 4. The molecule has 1 heterocycles. The van der Waals surface area contributed by atoms with Crippen molar-refractivity contribution in [2.45, 2.75) is 17.6 Å². The van der Waals surface area contributed by atoms with Crippen LogP contribution in [0.5, 0.6) is 5.75 Å². The fraction of sp³-hybridized carbons (Fsp3) is 0.176. The number of para-hydroxylation sites is 3. The molecule has 0 spiro atoms. The molecule has 0 atom stereocenters. The first kappa shape index (κ1) is 15.4. The van der Waals surface area contributed by atoms with Crippen molar-refractivity contribution in [3.05, 3.63) is 59.9 Å². The third-order valence-corrected chi connectivity index (χ3v) is 5.23. The highest BCUT2D eigenvalue weighted by molar-refractivity contribution is 7.90. The Hall–Kier alpha value is -2.47. The van der Waals surface area contributed by atoms with Crippen LogP contribution < -0.4 is 4.74 Å². The van der Waals surface area contributed by atoms with Gasteiger partial charge in [0.25, 0.3) is 0 Å². The number of fused-ring (bicyclic) bond motifs is 1. The van der Waals surface area contributed by atoms with Gasteiger partial charge in [-0.05, 0) is 31.2 Å². The summed E-state index contributed by atoms with van der Waals surface area (Å²) in [6.07, 6.45) is 0. The maximum absolute atomic E-state index is 12.7. The molecule has 0 aliphatic carbocycles. The first-order valence-corrected chi connectivity index (χ1v) is 8.74. The fourth-order valence-corrected chi connectivity index (χ4v) is 3.93. The van der Waals surface area contributed by atoms with E-state index >= 15 is 0 Å². The number of aromatic nitrogens is 2. The molecule has 0 bridgehead atoms. The molecule has 118 valence electrons. The standard InChI is InChI=1S/C17H16N2O3S/c1-12-15(19-14-8-4-3-7-13(14)18-12)11-23(20,21)17-10-6-5-9-16(17)22-2/h3-10H,11H2,1-2H3. The molecular formula is C17H16N2O3S. The van der Waals surface area contributed by atoms with Crippen LogP contribution in [0.2, 0.25) is 0 Å². The minimum atomic E-state index is -3.57. The molecule has 2 aromatic carbocycles. The maximum Gasteiger partial charge on any atom is 0.187 e. The average molecular weight is 328 g/mol. The van der Waals surface area contributed by atoms with Crippen LogP contribution >= 0.6 is 0 Å². The Kier molecular flexibility index (Phi) is 4.00. The van der Waals surface area contributed by atoms with Crippen molar-refractivity contribution < 1.29 is 13.2 Å². The molecular weight excluding hydrogens is 312 g/mol. The molecule has 23 heavy (non-hydrogen) atoms. The van der Waals surface area contributed by atoms with Crippen molar-refractivity contribution in [2.24, 2.45) is 0 Å². The quantitative estimate of drug-likeness (QED) is 0.736. The number of aryl methyl sites for hydroxylation is 1. The molecule has 0 aliphatic heterocycles. The van der Waals surface area contributed by atoms with Gasteiger partial charge in [0.15, 0.2) is 9.84 Å². The first-order valence-electron chi connectivity index (χ1n) is 7.09. The van der Waals surface area contributed by atoms with Crippen molar-refractivity contribution in [2.75, 3.05) is 7.11 Å². The van der Waals surface area contributed by atoms with Gasteiger partial charge in [-0.2, -0.15) is 0 Å². The van der Waals surface area contributed by atoms with Crippen molar-refractivity contribution in [3.8, 4) is 5.75 Å². The highest BCUT2D eigenvalue weighted by Crippen LogP contribution is 2.26. The molecule has 6 heteroatoms. The fourth-order valence-electron chi connectivity index (χ4n) is 2.39. The van der Waals surface area contributed by atoms with E-state index in [1.807, 2.05) is 24.3 Å². The van der Waals surface area contributed by atoms with E-state index in [0.717, 1.165) is 5.52 Å². The van der Waals surface area contributed by atoms with E-state index in [1.165, 1.54) is 13.2 Å². The molecule has 0 saturated heterocycles. The van der Waals surface area contributed by atoms with Gasteiger partial charge < -0.3 is 4.74 Å². The highest BCUT2D eigenvalue weighted by Gasteiger charge is 2.22. The molecule has 0 radical (unpaired) electrons. The summed E-state index contributed by atoms with van der Waals surface area (Å²) in [7, 11) is -2.12. The summed E-state index contributed by atoms with van der Waals surface area (Å²) in [6, 6.07) is 14.0. The predicted octanol–water partition coefficient (Wildman–Crippen LogP) is 2.92. The zero-order chi connectivity index (χ0) is 16.4. The largest absolute Gasteiger partial charge is 0.495 e. The summed E-state index contributed by atoms with van der Waals surface area (Å²) < 4.78 is 30.6. The zero-order valence-corrected chi connectivity index (χ0v) is 13.7. The average Bonchev–Trinajstić information content (AvgIpc) is 2.55. The highest BCUT2D eigenvalue weighted by atomic mass is 32.2. The number of benzene rings is 2. The molecule has 3 rings (SSSR count). The van der Waals surface area contributed by atoms with Crippen LogP contribution in [0.15, 0.2) is 53.4 Å². The summed E-state index contributed by atoms with van der Waals surface area (Å²) >= 11 is 0. The van der Waals surface area contributed by atoms with Gasteiger partial charge in [-0.15, -0.1) is 0 Å². The minimum Gasteiger partial charge on any atom is -0.495 e. The van der Waals surface area contributed by atoms with E-state index < -0.39 is 9.84 Å². The van der Waals surface area contributed by atoms with Crippen LogP contribution in [0.1, 0.15) is 11.4 Å². The lowest BCUT2D eigenvalue weighted by molar-refractivity contribution is 0.402. The van der Waals surface area contributed by atoms with Gasteiger partial charge in [-0.25, -0.2) is 18.4 Å². The van der Waals surface area contributed by atoms with E-state index in [4.69, 9.17) is 4.74 Å². The van der Waals surface area contributed by atoms with Crippen LogP contribution in [0.4, 0.5) is 0 Å². The van der Waals surface area contributed by atoms with E-state index in [1.54, 1.807) is 25.1 Å². The predicted molar refractivity (Wildman–Crippen MR) is 88.2 cm³/mol. The van der Waals surface area contributed by atoms with Gasteiger partial charge in [0.05, 0.1) is 35.3 Å². The monoisotopic (exact) mass is 328 g/mol. The van der Waals surface area contributed by atoms with E-state index in [9.17, 15) is 8.42 Å². The van der Waals surface area contributed by atoms with E-state index in [2.05, 4.69) is 9.97 Å². The molecule has 0 fully saturated rings. The summed E-state index contributed by atoms with van der Waals surface area (Å²) in [6.45, 7) is 1.77. The first-order chi connectivity index (χ1) is 11.0. The van der Waals surface area contributed by atoms with Gasteiger partial charge in [-0.1, -0.05) is 24.3 Å². The molecule has 3 aromatic rings. The van der Waals surface area contributed by atoms with Crippen LogP contribution in [0.25, 0.3) is 11.0 Å². The molecule has 5 nitrogen and oxygen atoms in total.